The lowest BCUT2D eigenvalue weighted by molar-refractivity contribution is -0.132. The minimum absolute atomic E-state index is 0.358. The average molecular weight is 1120 g/mol. The maximum absolute atomic E-state index is 12.7. The van der Waals surface area contributed by atoms with E-state index >= 15 is 0 Å². The molecule has 0 bridgehead atoms. The Morgan fingerprint density at radius 1 is 0.312 bits per heavy atom. The van der Waals surface area contributed by atoms with Gasteiger partial charge in [0.15, 0.2) is 0 Å². The molecule has 0 rings (SSSR count). The number of carbonyl (C=O) groups excluding carboxylic acids is 1. The van der Waals surface area contributed by atoms with Gasteiger partial charge in [-0.2, -0.15) is 0 Å². The van der Waals surface area contributed by atoms with Crippen molar-refractivity contribution < 1.29 is 25.2 Å². The molecule has 0 saturated heterocycles. The van der Waals surface area contributed by atoms with Crippen molar-refractivity contribution in [2.24, 2.45) is 0 Å². The molecule has 6 nitrogen and oxygen atoms in total. The second kappa shape index (κ2) is 67.8. The monoisotopic (exact) mass is 1120 g/mol. The van der Waals surface area contributed by atoms with Gasteiger partial charge in [-0.05, 0) is 96.3 Å². The molecule has 4 unspecified atom stereocenters. The number of allylic oxidation sites excluding steroid dienone is 10. The van der Waals surface area contributed by atoms with Crippen LogP contribution in [-0.4, -0.2) is 57.3 Å². The van der Waals surface area contributed by atoms with Crippen LogP contribution in [0.25, 0.3) is 0 Å². The maximum Gasteiger partial charge on any atom is 0.249 e. The third-order valence-electron chi connectivity index (χ3n) is 16.7. The van der Waals surface area contributed by atoms with Crippen molar-refractivity contribution in [3.63, 3.8) is 0 Å². The van der Waals surface area contributed by atoms with E-state index in [0.717, 1.165) is 57.8 Å². The molecule has 0 radical (unpaired) electrons. The van der Waals surface area contributed by atoms with Gasteiger partial charge in [-0.3, -0.25) is 4.79 Å². The van der Waals surface area contributed by atoms with Gasteiger partial charge in [0.1, 0.15) is 12.2 Å². The third kappa shape index (κ3) is 60.6. The van der Waals surface area contributed by atoms with Crippen molar-refractivity contribution in [2.45, 2.75) is 398 Å². The van der Waals surface area contributed by atoms with Crippen LogP contribution >= 0.6 is 0 Å². The highest BCUT2D eigenvalue weighted by atomic mass is 16.3. The number of nitrogens with one attached hydrogen (secondary N) is 1. The fourth-order valence-electron chi connectivity index (χ4n) is 11.1. The quantitative estimate of drug-likeness (QED) is 0.0308. The zero-order valence-corrected chi connectivity index (χ0v) is 53.6. The molecule has 0 aromatic carbocycles. The Kier molecular flexibility index (Phi) is 66.1. The van der Waals surface area contributed by atoms with Crippen LogP contribution in [0.3, 0.4) is 0 Å². The van der Waals surface area contributed by atoms with Crippen LogP contribution in [0.4, 0.5) is 0 Å². The molecule has 0 aliphatic rings. The van der Waals surface area contributed by atoms with E-state index in [1.165, 1.54) is 283 Å². The van der Waals surface area contributed by atoms with Crippen LogP contribution in [0, 0.1) is 0 Å². The molecular weight excluding hydrogens is 983 g/mol. The molecule has 0 aromatic rings. The number of hydrogen-bond donors (Lipinski definition) is 5. The third-order valence-corrected chi connectivity index (χ3v) is 16.7. The van der Waals surface area contributed by atoms with E-state index < -0.39 is 36.9 Å². The van der Waals surface area contributed by atoms with Crippen molar-refractivity contribution in [3.8, 4) is 0 Å². The fraction of sp³-hybridized carbons (Fsp3) is 0.851. The zero-order chi connectivity index (χ0) is 58.0. The highest BCUT2D eigenvalue weighted by molar-refractivity contribution is 5.80. The SMILES string of the molecule is CCCCCCCCCCC/C=C\C/C=C\CCCCCCCCCCCCCCCCCCC(O)C(=O)NC(CO)C(O)C(O)CCC/C=C/CC/C=C/CC/C=C/CCCCCCCCCCCCCCCCCCCCC. The summed E-state index contributed by atoms with van der Waals surface area (Å²) in [5.74, 6) is -0.596. The van der Waals surface area contributed by atoms with Crippen molar-refractivity contribution in [1.82, 2.24) is 5.32 Å². The fourth-order valence-corrected chi connectivity index (χ4v) is 11.1. The van der Waals surface area contributed by atoms with E-state index in [1.807, 2.05) is 0 Å². The summed E-state index contributed by atoms with van der Waals surface area (Å²) in [5, 5.41) is 44.2. The maximum atomic E-state index is 12.7. The summed E-state index contributed by atoms with van der Waals surface area (Å²) in [6, 6.07) is -1.02. The van der Waals surface area contributed by atoms with Crippen molar-refractivity contribution in [1.29, 1.82) is 0 Å². The van der Waals surface area contributed by atoms with Gasteiger partial charge in [0, 0.05) is 0 Å². The van der Waals surface area contributed by atoms with Gasteiger partial charge in [-0.1, -0.05) is 338 Å². The van der Waals surface area contributed by atoms with Crippen LogP contribution < -0.4 is 5.32 Å². The summed E-state index contributed by atoms with van der Waals surface area (Å²) in [6.07, 6.45) is 90.7. The molecule has 0 saturated carbocycles. The molecule has 0 fully saturated rings. The largest absolute Gasteiger partial charge is 0.394 e. The molecule has 4 atom stereocenters. The normalized spacial score (nSPS) is 13.8. The van der Waals surface area contributed by atoms with Crippen molar-refractivity contribution in [2.75, 3.05) is 6.61 Å². The van der Waals surface area contributed by atoms with Gasteiger partial charge in [-0.15, -0.1) is 0 Å². The first kappa shape index (κ1) is 78.0. The highest BCUT2D eigenvalue weighted by Crippen LogP contribution is 2.19. The zero-order valence-electron chi connectivity index (χ0n) is 53.6. The van der Waals surface area contributed by atoms with Crippen LogP contribution in [0.15, 0.2) is 60.8 Å². The summed E-state index contributed by atoms with van der Waals surface area (Å²) >= 11 is 0. The molecule has 0 aromatic heterocycles. The van der Waals surface area contributed by atoms with Crippen molar-refractivity contribution in [3.05, 3.63) is 60.8 Å². The topological polar surface area (TPSA) is 110 Å². The number of aliphatic hydroxyl groups is 4. The Balaban J connectivity index is 3.62. The van der Waals surface area contributed by atoms with E-state index in [4.69, 9.17) is 0 Å². The van der Waals surface area contributed by atoms with Crippen LogP contribution in [-0.2, 0) is 4.79 Å². The lowest BCUT2D eigenvalue weighted by Gasteiger charge is -2.27. The molecule has 6 heteroatoms. The van der Waals surface area contributed by atoms with Crippen molar-refractivity contribution >= 4 is 5.91 Å². The first-order valence-electron chi connectivity index (χ1n) is 35.7. The number of unbranched alkanes of at least 4 members (excludes halogenated alkanes) is 47. The average Bonchev–Trinajstić information content (AvgIpc) is 3.46. The number of carbonyl (C=O) groups is 1. The van der Waals surface area contributed by atoms with E-state index in [1.54, 1.807) is 0 Å². The Labute approximate surface area is 499 Å². The lowest BCUT2D eigenvalue weighted by atomic mass is 10.00. The minimum Gasteiger partial charge on any atom is -0.394 e. The second-order valence-electron chi connectivity index (χ2n) is 24.6. The predicted molar refractivity (Wildman–Crippen MR) is 353 cm³/mol. The standard InChI is InChI=1S/C74H139NO5/c1-3-5-7-9-11-13-15-17-19-21-23-25-27-29-31-33-35-37-39-41-43-45-47-49-51-53-55-57-59-61-63-65-67-71(77)73(79)70(69-76)75-74(80)72(78)68-66-64-62-60-58-56-54-52-50-48-46-44-42-40-38-36-34-32-30-28-26-24-22-20-18-16-14-12-10-8-6-4-2/h24,26,30,32,43,45,51,53,59,61,70-73,76-79H,3-23,25,27-29,31,33-42,44,46-50,52,54-58,60,62-69H2,1-2H3,(H,75,80)/b26-24-,32-30-,45-43+,53-51+,61-59+. The van der Waals surface area contributed by atoms with Gasteiger partial charge in [0.05, 0.1) is 18.8 Å². The molecule has 470 valence electrons. The van der Waals surface area contributed by atoms with Gasteiger partial charge < -0.3 is 25.7 Å². The Morgan fingerprint density at radius 3 is 0.863 bits per heavy atom. The van der Waals surface area contributed by atoms with Gasteiger partial charge in [0.25, 0.3) is 0 Å². The molecule has 80 heavy (non-hydrogen) atoms. The summed E-state index contributed by atoms with van der Waals surface area (Å²) in [5.41, 5.74) is 0. The molecule has 5 N–H and O–H groups in total. The molecule has 0 spiro atoms. The van der Waals surface area contributed by atoms with Crippen LogP contribution in [0.5, 0.6) is 0 Å². The Morgan fingerprint density at radius 2 is 0.562 bits per heavy atom. The lowest BCUT2D eigenvalue weighted by Crippen LogP contribution is -2.53. The molecular formula is C74H139NO5. The summed E-state index contributed by atoms with van der Waals surface area (Å²) < 4.78 is 0. The minimum atomic E-state index is -1.30. The highest BCUT2D eigenvalue weighted by Gasteiger charge is 2.28. The number of aliphatic hydroxyl groups excluding tert-OH is 4. The summed E-state index contributed by atoms with van der Waals surface area (Å²) in [4.78, 5) is 12.7. The smallest absolute Gasteiger partial charge is 0.249 e. The van der Waals surface area contributed by atoms with E-state index in [9.17, 15) is 25.2 Å². The summed E-state index contributed by atoms with van der Waals surface area (Å²) in [6.45, 7) is 4.08. The number of hydrogen-bond acceptors (Lipinski definition) is 5. The first-order chi connectivity index (χ1) is 39.5. The van der Waals surface area contributed by atoms with E-state index in [0.29, 0.717) is 19.3 Å². The van der Waals surface area contributed by atoms with Gasteiger partial charge >= 0.3 is 0 Å². The number of rotatable bonds is 66. The second-order valence-corrected chi connectivity index (χ2v) is 24.6. The predicted octanol–water partition coefficient (Wildman–Crippen LogP) is 22.2. The van der Waals surface area contributed by atoms with Crippen LogP contribution in [0.2, 0.25) is 0 Å². The summed E-state index contributed by atoms with van der Waals surface area (Å²) in [7, 11) is 0. The first-order valence-corrected chi connectivity index (χ1v) is 35.7. The van der Waals surface area contributed by atoms with E-state index in [2.05, 4.69) is 79.9 Å². The van der Waals surface area contributed by atoms with Crippen LogP contribution in [0.1, 0.15) is 373 Å². The molecule has 0 heterocycles. The molecule has 1 amide bonds. The molecule has 0 aliphatic heterocycles. The van der Waals surface area contributed by atoms with Gasteiger partial charge in [-0.25, -0.2) is 0 Å². The number of amides is 1. The Bertz CT molecular complexity index is 1360. The molecule has 0 aliphatic carbocycles. The van der Waals surface area contributed by atoms with Gasteiger partial charge in [0.2, 0.25) is 5.91 Å². The Hall–Kier alpha value is -1.99. The van der Waals surface area contributed by atoms with E-state index in [-0.39, 0.29) is 0 Å².